The second-order valence-electron chi connectivity index (χ2n) is 8.75. The largest absolute Gasteiger partial charge is 0.513 e. The predicted octanol–water partition coefficient (Wildman–Crippen LogP) is 5.81. The van der Waals surface area contributed by atoms with Crippen LogP contribution in [0.1, 0.15) is 73.4 Å². The average molecular weight is 503 g/mol. The highest BCUT2D eigenvalue weighted by molar-refractivity contribution is 5.89. The van der Waals surface area contributed by atoms with Gasteiger partial charge in [-0.2, -0.15) is 0 Å². The van der Waals surface area contributed by atoms with Crippen molar-refractivity contribution in [1.82, 2.24) is 0 Å². The first-order valence-electron chi connectivity index (χ1n) is 11.9. The summed E-state index contributed by atoms with van der Waals surface area (Å²) >= 11 is 0. The van der Waals surface area contributed by atoms with Crippen molar-refractivity contribution in [1.29, 1.82) is 0 Å². The van der Waals surface area contributed by atoms with E-state index >= 15 is 0 Å². The lowest BCUT2D eigenvalue weighted by molar-refractivity contribution is -0.357. The van der Waals surface area contributed by atoms with Gasteiger partial charge in [0.2, 0.25) is 0 Å². The second-order valence-corrected chi connectivity index (χ2v) is 8.75. The van der Waals surface area contributed by atoms with Crippen molar-refractivity contribution in [2.45, 2.75) is 67.0 Å². The molecule has 0 saturated carbocycles. The molecule has 0 aliphatic heterocycles. The van der Waals surface area contributed by atoms with Gasteiger partial charge in [-0.3, -0.25) is 9.78 Å². The lowest BCUT2D eigenvalue weighted by Gasteiger charge is -2.22. The Hall–Kier alpha value is -3.43. The van der Waals surface area contributed by atoms with Gasteiger partial charge in [-0.05, 0) is 48.2 Å². The minimum Gasteiger partial charge on any atom is -0.400 e. The van der Waals surface area contributed by atoms with Crippen molar-refractivity contribution in [3.05, 3.63) is 70.8 Å². The minimum atomic E-state index is -1.25. The lowest BCUT2D eigenvalue weighted by atomic mass is 10.1. The molecule has 0 aliphatic carbocycles. The molecule has 0 saturated heterocycles. The molecule has 2 unspecified atom stereocenters. The molecule has 2 rings (SSSR count). The van der Waals surface area contributed by atoms with E-state index in [1.807, 2.05) is 38.1 Å². The first-order valence-corrected chi connectivity index (χ1v) is 11.9. The van der Waals surface area contributed by atoms with Crippen LogP contribution in [0.25, 0.3) is 0 Å². The van der Waals surface area contributed by atoms with Crippen LogP contribution in [0, 0.1) is 11.8 Å². The number of hydrogen-bond donors (Lipinski definition) is 0. The Morgan fingerprint density at radius 2 is 0.944 bits per heavy atom. The molecule has 196 valence electrons. The van der Waals surface area contributed by atoms with E-state index in [4.69, 9.17) is 29.0 Å². The smallest absolute Gasteiger partial charge is 0.400 e. The van der Waals surface area contributed by atoms with Crippen LogP contribution in [0.5, 0.6) is 0 Å². The van der Waals surface area contributed by atoms with Gasteiger partial charge in [0.1, 0.15) is 0 Å². The van der Waals surface area contributed by atoms with Crippen LogP contribution in [-0.4, -0.2) is 30.7 Å². The molecule has 0 N–H and O–H groups in total. The van der Waals surface area contributed by atoms with Crippen LogP contribution < -0.4 is 0 Å². The van der Waals surface area contributed by atoms with E-state index in [9.17, 15) is 14.4 Å². The zero-order valence-corrected chi connectivity index (χ0v) is 21.5. The van der Waals surface area contributed by atoms with Crippen molar-refractivity contribution >= 4 is 18.1 Å². The van der Waals surface area contributed by atoms with Gasteiger partial charge in [0.05, 0.1) is 11.1 Å². The maximum atomic E-state index is 12.4. The maximum Gasteiger partial charge on any atom is 0.513 e. The fraction of sp³-hybridized carbons (Fsp3) is 0.444. The molecular weight excluding hydrogens is 468 g/mol. The highest BCUT2D eigenvalue weighted by Gasteiger charge is 2.28. The van der Waals surface area contributed by atoms with Crippen LogP contribution in [0.15, 0.2) is 48.5 Å². The van der Waals surface area contributed by atoms with E-state index in [0.717, 1.165) is 24.0 Å². The third kappa shape index (κ3) is 8.98. The van der Waals surface area contributed by atoms with Crippen molar-refractivity contribution < 1.29 is 43.4 Å². The van der Waals surface area contributed by atoms with Crippen molar-refractivity contribution in [3.63, 3.8) is 0 Å². The van der Waals surface area contributed by atoms with Gasteiger partial charge in [-0.15, -0.1) is 9.78 Å². The number of aryl methyl sites for hydroxylation is 2. The molecule has 0 aliphatic rings. The first-order chi connectivity index (χ1) is 17.1. The third-order valence-corrected chi connectivity index (χ3v) is 5.15. The van der Waals surface area contributed by atoms with E-state index in [0.29, 0.717) is 0 Å². The molecule has 0 fully saturated rings. The Kier molecular flexibility index (Phi) is 11.4. The molecular formula is C27H34O9. The summed E-state index contributed by atoms with van der Waals surface area (Å²) in [4.78, 5) is 56.7. The lowest BCUT2D eigenvalue weighted by Crippen LogP contribution is -2.33. The standard InChI is InChI=1S/C27H34O9/c1-7-19-9-13-21(14-10-19)23(28)33-35-25(17(3)4)31-27(30)32-26(18(5)6)36-34-24(29)22-15-11-20(8-2)12-16-22/h9-18,25-26H,7-8H2,1-6H3. The van der Waals surface area contributed by atoms with Crippen molar-refractivity contribution in [3.8, 4) is 0 Å². The number of hydrogen-bond acceptors (Lipinski definition) is 9. The molecule has 0 aromatic heterocycles. The number of ether oxygens (including phenoxy) is 2. The summed E-state index contributed by atoms with van der Waals surface area (Å²) in [6, 6.07) is 13.7. The van der Waals surface area contributed by atoms with Gasteiger partial charge in [0.15, 0.2) is 0 Å². The molecule has 2 aromatic rings. The van der Waals surface area contributed by atoms with E-state index in [-0.39, 0.29) is 23.0 Å². The first kappa shape index (κ1) is 28.8. The van der Waals surface area contributed by atoms with Crippen LogP contribution in [-0.2, 0) is 41.9 Å². The van der Waals surface area contributed by atoms with Crippen LogP contribution in [0.4, 0.5) is 4.79 Å². The molecule has 9 nitrogen and oxygen atoms in total. The monoisotopic (exact) mass is 502 g/mol. The van der Waals surface area contributed by atoms with Gasteiger partial charge in [-0.25, -0.2) is 14.4 Å². The zero-order valence-electron chi connectivity index (χ0n) is 21.5. The Balaban J connectivity index is 1.89. The molecule has 0 amide bonds. The zero-order chi connectivity index (χ0) is 26.7. The molecule has 0 spiro atoms. The Bertz CT molecular complexity index is 902. The van der Waals surface area contributed by atoms with Gasteiger partial charge in [0, 0.05) is 11.8 Å². The minimum absolute atomic E-state index is 0.289. The predicted molar refractivity (Wildman–Crippen MR) is 129 cm³/mol. The van der Waals surface area contributed by atoms with Gasteiger partial charge < -0.3 is 9.47 Å². The summed E-state index contributed by atoms with van der Waals surface area (Å²) in [5.41, 5.74) is 2.72. The van der Waals surface area contributed by atoms with Crippen LogP contribution in [0.2, 0.25) is 0 Å². The Morgan fingerprint density at radius 1 is 0.611 bits per heavy atom. The fourth-order valence-corrected chi connectivity index (χ4v) is 2.78. The van der Waals surface area contributed by atoms with E-state index < -0.39 is 30.7 Å². The summed E-state index contributed by atoms with van der Waals surface area (Å²) in [6.07, 6.45) is -1.97. The number of rotatable bonds is 12. The van der Waals surface area contributed by atoms with E-state index in [1.54, 1.807) is 52.0 Å². The normalized spacial score (nSPS) is 12.7. The molecule has 2 atom stereocenters. The molecule has 0 bridgehead atoms. The summed E-state index contributed by atoms with van der Waals surface area (Å²) in [5.74, 6) is -2.23. The number of carbonyl (C=O) groups excluding carboxylic acids is 3. The highest BCUT2D eigenvalue weighted by Crippen LogP contribution is 2.16. The van der Waals surface area contributed by atoms with Gasteiger partial charge in [0.25, 0.3) is 12.6 Å². The Morgan fingerprint density at radius 3 is 1.22 bits per heavy atom. The maximum absolute atomic E-state index is 12.4. The molecule has 0 heterocycles. The Labute approximate surface area is 211 Å². The fourth-order valence-electron chi connectivity index (χ4n) is 2.78. The molecule has 2 aromatic carbocycles. The van der Waals surface area contributed by atoms with Crippen LogP contribution in [0.3, 0.4) is 0 Å². The summed E-state index contributed by atoms with van der Waals surface area (Å²) in [5, 5.41) is 0. The van der Waals surface area contributed by atoms with Crippen LogP contribution >= 0.6 is 0 Å². The number of carbonyl (C=O) groups is 3. The van der Waals surface area contributed by atoms with Gasteiger partial charge >= 0.3 is 18.1 Å². The second kappa shape index (κ2) is 14.2. The third-order valence-electron chi connectivity index (χ3n) is 5.15. The quantitative estimate of drug-likeness (QED) is 0.154. The van der Waals surface area contributed by atoms with Crippen molar-refractivity contribution in [2.75, 3.05) is 0 Å². The van der Waals surface area contributed by atoms with E-state index in [2.05, 4.69) is 0 Å². The number of benzene rings is 2. The SMILES string of the molecule is CCc1ccc(C(=O)OOC(OC(=O)OC(OOC(=O)c2ccc(CC)cc2)C(C)C)C(C)C)cc1. The van der Waals surface area contributed by atoms with Gasteiger partial charge in [-0.1, -0.05) is 65.8 Å². The molecule has 36 heavy (non-hydrogen) atoms. The summed E-state index contributed by atoms with van der Waals surface area (Å²) < 4.78 is 10.3. The highest BCUT2D eigenvalue weighted by atomic mass is 17.2. The summed E-state index contributed by atoms with van der Waals surface area (Å²) in [6.45, 7) is 10.8. The molecule has 0 radical (unpaired) electrons. The summed E-state index contributed by atoms with van der Waals surface area (Å²) in [7, 11) is 0. The van der Waals surface area contributed by atoms with E-state index in [1.165, 1.54) is 0 Å². The average Bonchev–Trinajstić information content (AvgIpc) is 2.88. The topological polar surface area (TPSA) is 107 Å². The molecule has 9 heteroatoms. The van der Waals surface area contributed by atoms with Crippen molar-refractivity contribution in [2.24, 2.45) is 11.8 Å².